The van der Waals surface area contributed by atoms with E-state index in [1.54, 1.807) is 16.7 Å². The fourth-order valence-electron chi connectivity index (χ4n) is 1.99. The second-order valence-corrected chi connectivity index (χ2v) is 5.33. The molecule has 0 aliphatic carbocycles. The molecule has 19 heavy (non-hydrogen) atoms. The second-order valence-electron chi connectivity index (χ2n) is 4.01. The van der Waals surface area contributed by atoms with Crippen LogP contribution in [0.25, 0.3) is 16.7 Å². The Kier molecular flexibility index (Phi) is 2.95. The number of rotatable bonds is 1. The van der Waals surface area contributed by atoms with Crippen molar-refractivity contribution >= 4 is 44.5 Å². The molecule has 0 aliphatic heterocycles. The highest BCUT2D eigenvalue weighted by Gasteiger charge is 2.15. The molecule has 0 saturated heterocycles. The zero-order chi connectivity index (χ0) is 13.6. The molecule has 0 aliphatic rings. The van der Waals surface area contributed by atoms with Crippen LogP contribution in [0.15, 0.2) is 40.9 Å². The first-order valence-electron chi connectivity index (χ1n) is 5.46. The number of imidazole rings is 1. The quantitative estimate of drug-likeness (QED) is 0.723. The van der Waals surface area contributed by atoms with E-state index in [0.717, 1.165) is 9.99 Å². The summed E-state index contributed by atoms with van der Waals surface area (Å²) in [5.74, 6) is -0.299. The Labute approximate surface area is 121 Å². The van der Waals surface area contributed by atoms with Gasteiger partial charge in [-0.25, -0.2) is 9.37 Å². The lowest BCUT2D eigenvalue weighted by Crippen LogP contribution is -2.03. The van der Waals surface area contributed by atoms with Gasteiger partial charge >= 0.3 is 0 Å². The molecule has 0 atom stereocenters. The summed E-state index contributed by atoms with van der Waals surface area (Å²) in [7, 11) is 0. The van der Waals surface area contributed by atoms with Crippen LogP contribution in [0, 0.1) is 5.82 Å². The summed E-state index contributed by atoms with van der Waals surface area (Å²) in [6.45, 7) is 0. The number of aromatic nitrogens is 2. The maximum atomic E-state index is 14.1. The standard InChI is InChI=1S/C13H8BrClFN3/c14-7-4-5-10-9(6-7)18-13(17)19(10)11-3-1-2-8(15)12(11)16/h1-6H,(H2,17,18). The van der Waals surface area contributed by atoms with Crippen molar-refractivity contribution in [3.05, 3.63) is 51.7 Å². The van der Waals surface area contributed by atoms with E-state index in [4.69, 9.17) is 17.3 Å². The van der Waals surface area contributed by atoms with Crippen LogP contribution in [0.4, 0.5) is 10.3 Å². The molecule has 6 heteroatoms. The second kappa shape index (κ2) is 4.51. The number of nitrogen functional groups attached to an aromatic ring is 1. The van der Waals surface area contributed by atoms with Gasteiger partial charge in [0.2, 0.25) is 5.95 Å². The number of anilines is 1. The van der Waals surface area contributed by atoms with Gasteiger partial charge in [-0.05, 0) is 30.3 Å². The van der Waals surface area contributed by atoms with E-state index in [1.165, 1.54) is 6.07 Å². The highest BCUT2D eigenvalue weighted by atomic mass is 79.9. The van der Waals surface area contributed by atoms with Crippen LogP contribution >= 0.6 is 27.5 Å². The maximum absolute atomic E-state index is 14.1. The molecule has 0 amide bonds. The molecule has 3 nitrogen and oxygen atoms in total. The normalized spacial score (nSPS) is 11.1. The predicted molar refractivity (Wildman–Crippen MR) is 78.2 cm³/mol. The molecule has 2 aromatic carbocycles. The zero-order valence-electron chi connectivity index (χ0n) is 9.57. The van der Waals surface area contributed by atoms with Crippen LogP contribution in [-0.2, 0) is 0 Å². The van der Waals surface area contributed by atoms with Gasteiger partial charge in [-0.15, -0.1) is 0 Å². The third-order valence-corrected chi connectivity index (χ3v) is 3.60. The molecular weight excluding hydrogens is 333 g/mol. The molecule has 2 N–H and O–H groups in total. The molecular formula is C13H8BrClFN3. The first-order chi connectivity index (χ1) is 9.08. The van der Waals surface area contributed by atoms with Crippen molar-refractivity contribution < 1.29 is 4.39 Å². The highest BCUT2D eigenvalue weighted by molar-refractivity contribution is 9.10. The Morgan fingerprint density at radius 1 is 1.26 bits per heavy atom. The van der Waals surface area contributed by atoms with Gasteiger partial charge in [0.25, 0.3) is 0 Å². The van der Waals surface area contributed by atoms with E-state index < -0.39 is 5.82 Å². The van der Waals surface area contributed by atoms with Crippen molar-refractivity contribution in [2.24, 2.45) is 0 Å². The van der Waals surface area contributed by atoms with Gasteiger partial charge in [-0.2, -0.15) is 0 Å². The van der Waals surface area contributed by atoms with Gasteiger partial charge in [0.15, 0.2) is 5.82 Å². The summed E-state index contributed by atoms with van der Waals surface area (Å²) < 4.78 is 16.5. The molecule has 96 valence electrons. The number of hydrogen-bond donors (Lipinski definition) is 1. The minimum Gasteiger partial charge on any atom is -0.369 e. The third-order valence-electron chi connectivity index (χ3n) is 2.81. The lowest BCUT2D eigenvalue weighted by Gasteiger charge is -2.08. The third kappa shape index (κ3) is 1.99. The van der Waals surface area contributed by atoms with Crippen molar-refractivity contribution in [1.29, 1.82) is 0 Å². The number of halogens is 3. The van der Waals surface area contributed by atoms with Crippen molar-refractivity contribution in [1.82, 2.24) is 9.55 Å². The summed E-state index contributed by atoms with van der Waals surface area (Å²) in [5.41, 5.74) is 7.58. The van der Waals surface area contributed by atoms with Gasteiger partial charge in [0.1, 0.15) is 0 Å². The lowest BCUT2D eigenvalue weighted by atomic mass is 10.2. The summed E-state index contributed by atoms with van der Waals surface area (Å²) in [6, 6.07) is 10.3. The predicted octanol–water partition coefficient (Wildman–Crippen LogP) is 4.16. The molecule has 0 unspecified atom stereocenters. The zero-order valence-corrected chi connectivity index (χ0v) is 11.9. The Morgan fingerprint density at radius 2 is 2.05 bits per heavy atom. The molecule has 0 saturated carbocycles. The Balaban J connectivity index is 2.36. The van der Waals surface area contributed by atoms with Crippen LogP contribution in [0.5, 0.6) is 0 Å². The number of hydrogen-bond acceptors (Lipinski definition) is 2. The van der Waals surface area contributed by atoms with Gasteiger partial charge < -0.3 is 5.73 Å². The number of fused-ring (bicyclic) bond motifs is 1. The van der Waals surface area contributed by atoms with Crippen molar-refractivity contribution in [3.63, 3.8) is 0 Å². The summed E-state index contributed by atoms with van der Waals surface area (Å²) in [5, 5.41) is 0.0517. The average Bonchev–Trinajstić information content (AvgIpc) is 2.68. The van der Waals surface area contributed by atoms with Crippen LogP contribution in [0.3, 0.4) is 0 Å². The van der Waals surface area contributed by atoms with Crippen LogP contribution in [0.2, 0.25) is 5.02 Å². The first kappa shape index (κ1) is 12.4. The molecule has 3 aromatic rings. The monoisotopic (exact) mass is 339 g/mol. The summed E-state index contributed by atoms with van der Waals surface area (Å²) in [4.78, 5) is 4.22. The van der Waals surface area contributed by atoms with Crippen LogP contribution in [0.1, 0.15) is 0 Å². The summed E-state index contributed by atoms with van der Waals surface area (Å²) in [6.07, 6.45) is 0. The van der Waals surface area contributed by atoms with Gasteiger partial charge in [-0.1, -0.05) is 33.6 Å². The van der Waals surface area contributed by atoms with E-state index in [0.29, 0.717) is 5.52 Å². The SMILES string of the molecule is Nc1nc2cc(Br)ccc2n1-c1cccc(Cl)c1F. The molecule has 0 spiro atoms. The first-order valence-corrected chi connectivity index (χ1v) is 6.63. The van der Waals surface area contributed by atoms with E-state index >= 15 is 0 Å². The van der Waals surface area contributed by atoms with Crippen LogP contribution < -0.4 is 5.73 Å². The van der Waals surface area contributed by atoms with E-state index in [1.807, 2.05) is 18.2 Å². The minimum atomic E-state index is -0.516. The summed E-state index contributed by atoms with van der Waals surface area (Å²) >= 11 is 9.17. The van der Waals surface area contributed by atoms with Crippen LogP contribution in [-0.4, -0.2) is 9.55 Å². The molecule has 1 aromatic heterocycles. The van der Waals surface area contributed by atoms with Crippen molar-refractivity contribution in [2.75, 3.05) is 5.73 Å². The number of nitrogens with zero attached hydrogens (tertiary/aromatic N) is 2. The lowest BCUT2D eigenvalue weighted by molar-refractivity contribution is 0.620. The van der Waals surface area contributed by atoms with Gasteiger partial charge in [0, 0.05) is 4.47 Å². The number of nitrogens with two attached hydrogens (primary N) is 1. The molecule has 0 bridgehead atoms. The molecule has 0 fully saturated rings. The fourth-order valence-corrected chi connectivity index (χ4v) is 2.51. The minimum absolute atomic E-state index is 0.0517. The van der Waals surface area contributed by atoms with Gasteiger partial charge in [-0.3, -0.25) is 4.57 Å². The topological polar surface area (TPSA) is 43.8 Å². The van der Waals surface area contributed by atoms with E-state index in [2.05, 4.69) is 20.9 Å². The fraction of sp³-hybridized carbons (Fsp3) is 0. The van der Waals surface area contributed by atoms with Crippen molar-refractivity contribution in [3.8, 4) is 5.69 Å². The maximum Gasteiger partial charge on any atom is 0.206 e. The van der Waals surface area contributed by atoms with Gasteiger partial charge in [0.05, 0.1) is 21.7 Å². The van der Waals surface area contributed by atoms with Crippen molar-refractivity contribution in [2.45, 2.75) is 0 Å². The van der Waals surface area contributed by atoms with E-state index in [-0.39, 0.29) is 16.7 Å². The average molecular weight is 341 g/mol. The highest BCUT2D eigenvalue weighted by Crippen LogP contribution is 2.29. The Morgan fingerprint density at radius 3 is 2.84 bits per heavy atom. The van der Waals surface area contributed by atoms with E-state index in [9.17, 15) is 4.39 Å². The Bertz CT molecular complexity index is 785. The largest absolute Gasteiger partial charge is 0.369 e. The molecule has 0 radical (unpaired) electrons. The number of benzene rings is 2. The molecule has 1 heterocycles. The Hall–Kier alpha value is -1.59. The smallest absolute Gasteiger partial charge is 0.206 e. The molecule has 3 rings (SSSR count).